The molecular formula is C15H14ClFN2O. The maximum Gasteiger partial charge on any atom is 0.141 e. The van der Waals surface area contributed by atoms with E-state index in [1.165, 1.54) is 6.07 Å². The maximum absolute atomic E-state index is 13.0. The Balaban J connectivity index is 1.96. The lowest BCUT2D eigenvalue weighted by Gasteiger charge is -2.08. The fourth-order valence-electron chi connectivity index (χ4n) is 1.72. The summed E-state index contributed by atoms with van der Waals surface area (Å²) in [6.07, 6.45) is 0.424. The summed E-state index contributed by atoms with van der Waals surface area (Å²) in [7, 11) is 0. The van der Waals surface area contributed by atoms with E-state index < -0.39 is 5.82 Å². The normalized spacial score (nSPS) is 10.3. The number of rotatable bonds is 5. The third-order valence-electron chi connectivity index (χ3n) is 2.71. The number of amidine groups is 1. The van der Waals surface area contributed by atoms with Crippen LogP contribution in [0.5, 0.6) is 5.75 Å². The molecule has 104 valence electrons. The van der Waals surface area contributed by atoms with E-state index in [-0.39, 0.29) is 10.9 Å². The van der Waals surface area contributed by atoms with Gasteiger partial charge in [0.1, 0.15) is 18.2 Å². The quantitative estimate of drug-likeness (QED) is 0.654. The van der Waals surface area contributed by atoms with Crippen LogP contribution in [0.25, 0.3) is 0 Å². The molecule has 0 saturated heterocycles. The average Bonchev–Trinajstić information content (AvgIpc) is 2.41. The van der Waals surface area contributed by atoms with Gasteiger partial charge in [-0.15, -0.1) is 0 Å². The number of hydrogen-bond donors (Lipinski definition) is 2. The molecule has 0 aliphatic carbocycles. The van der Waals surface area contributed by atoms with Gasteiger partial charge < -0.3 is 10.5 Å². The van der Waals surface area contributed by atoms with Gasteiger partial charge in [-0.05, 0) is 35.4 Å². The summed E-state index contributed by atoms with van der Waals surface area (Å²) in [5, 5.41) is 7.31. The van der Waals surface area contributed by atoms with Crippen LogP contribution in [0.3, 0.4) is 0 Å². The fourth-order valence-corrected chi connectivity index (χ4v) is 1.92. The van der Waals surface area contributed by atoms with E-state index >= 15 is 0 Å². The van der Waals surface area contributed by atoms with Crippen LogP contribution in [0.4, 0.5) is 4.39 Å². The standard InChI is InChI=1S/C15H14ClFN2O/c16-13-7-11(3-6-14(13)17)9-20-12-4-1-10(2-5-12)8-15(18)19/h1-7H,8-9H2,(H3,18,19). The molecular weight excluding hydrogens is 279 g/mol. The molecule has 0 aromatic heterocycles. The summed E-state index contributed by atoms with van der Waals surface area (Å²) in [6.45, 7) is 0.312. The first-order chi connectivity index (χ1) is 9.54. The molecule has 0 fully saturated rings. The van der Waals surface area contributed by atoms with Gasteiger partial charge in [-0.1, -0.05) is 29.8 Å². The van der Waals surface area contributed by atoms with Crippen molar-refractivity contribution >= 4 is 17.4 Å². The number of benzene rings is 2. The lowest BCUT2D eigenvalue weighted by atomic mass is 10.1. The molecule has 3 N–H and O–H groups in total. The summed E-state index contributed by atoms with van der Waals surface area (Å²) in [4.78, 5) is 0. The Morgan fingerprint density at radius 3 is 2.40 bits per heavy atom. The highest BCUT2D eigenvalue weighted by Crippen LogP contribution is 2.18. The second kappa shape index (κ2) is 6.39. The third kappa shape index (κ3) is 3.96. The molecule has 2 aromatic carbocycles. The molecule has 0 saturated carbocycles. The van der Waals surface area contributed by atoms with E-state index in [9.17, 15) is 4.39 Å². The predicted octanol–water partition coefficient (Wildman–Crippen LogP) is 3.54. The zero-order chi connectivity index (χ0) is 14.5. The van der Waals surface area contributed by atoms with Crippen molar-refractivity contribution in [3.8, 4) is 5.75 Å². The first-order valence-electron chi connectivity index (χ1n) is 6.03. The minimum Gasteiger partial charge on any atom is -0.489 e. The van der Waals surface area contributed by atoms with Crippen LogP contribution >= 0.6 is 11.6 Å². The maximum atomic E-state index is 13.0. The van der Waals surface area contributed by atoms with Gasteiger partial charge in [-0.3, -0.25) is 5.41 Å². The fraction of sp³-hybridized carbons (Fsp3) is 0.133. The second-order valence-corrected chi connectivity index (χ2v) is 4.79. The van der Waals surface area contributed by atoms with E-state index in [0.29, 0.717) is 18.8 Å². The number of halogens is 2. The Labute approximate surface area is 121 Å². The van der Waals surface area contributed by atoms with E-state index in [0.717, 1.165) is 11.1 Å². The largest absolute Gasteiger partial charge is 0.489 e. The van der Waals surface area contributed by atoms with Crippen LogP contribution in [-0.2, 0) is 13.0 Å². The monoisotopic (exact) mass is 292 g/mol. The molecule has 3 nitrogen and oxygen atoms in total. The number of nitrogens with two attached hydrogens (primary N) is 1. The number of ether oxygens (including phenoxy) is 1. The van der Waals surface area contributed by atoms with Crippen LogP contribution in [0, 0.1) is 11.2 Å². The van der Waals surface area contributed by atoms with Crippen LogP contribution < -0.4 is 10.5 Å². The third-order valence-corrected chi connectivity index (χ3v) is 3.00. The van der Waals surface area contributed by atoms with Gasteiger partial charge in [0.15, 0.2) is 0 Å². The average molecular weight is 293 g/mol. The summed E-state index contributed by atoms with van der Waals surface area (Å²) < 4.78 is 18.6. The Hall–Kier alpha value is -2.07. The van der Waals surface area contributed by atoms with E-state index in [4.69, 9.17) is 27.5 Å². The molecule has 0 atom stereocenters. The zero-order valence-electron chi connectivity index (χ0n) is 10.7. The smallest absolute Gasteiger partial charge is 0.141 e. The summed E-state index contributed by atoms with van der Waals surface area (Å²) in [5.74, 6) is 0.376. The van der Waals surface area contributed by atoms with Crippen LogP contribution in [0.15, 0.2) is 42.5 Å². The molecule has 0 amide bonds. The SMILES string of the molecule is N=C(N)Cc1ccc(OCc2ccc(F)c(Cl)c2)cc1. The Bertz CT molecular complexity index is 614. The van der Waals surface area contributed by atoms with Crippen molar-refractivity contribution in [2.45, 2.75) is 13.0 Å². The van der Waals surface area contributed by atoms with Crippen LogP contribution in [0.2, 0.25) is 5.02 Å². The number of nitrogens with one attached hydrogen (secondary N) is 1. The van der Waals surface area contributed by atoms with Crippen molar-refractivity contribution in [3.05, 3.63) is 64.4 Å². The molecule has 0 unspecified atom stereocenters. The molecule has 0 aliphatic rings. The van der Waals surface area contributed by atoms with Gasteiger partial charge in [0.25, 0.3) is 0 Å². The van der Waals surface area contributed by atoms with Crippen LogP contribution in [0.1, 0.15) is 11.1 Å². The lowest BCUT2D eigenvalue weighted by molar-refractivity contribution is 0.306. The van der Waals surface area contributed by atoms with Gasteiger partial charge in [-0.25, -0.2) is 4.39 Å². The van der Waals surface area contributed by atoms with Gasteiger partial charge in [-0.2, -0.15) is 0 Å². The van der Waals surface area contributed by atoms with Crippen molar-refractivity contribution in [1.82, 2.24) is 0 Å². The minimum atomic E-state index is -0.441. The molecule has 0 radical (unpaired) electrons. The molecule has 5 heteroatoms. The van der Waals surface area contributed by atoms with E-state index in [1.807, 2.05) is 24.3 Å². The summed E-state index contributed by atoms with van der Waals surface area (Å²) >= 11 is 5.70. The minimum absolute atomic E-state index is 0.0860. The molecule has 2 aromatic rings. The van der Waals surface area contributed by atoms with Gasteiger partial charge in [0.05, 0.1) is 10.9 Å². The van der Waals surface area contributed by atoms with Gasteiger partial charge in [0.2, 0.25) is 0 Å². The van der Waals surface area contributed by atoms with Gasteiger partial charge in [0, 0.05) is 6.42 Å². The van der Waals surface area contributed by atoms with Crippen molar-refractivity contribution in [2.24, 2.45) is 5.73 Å². The highest BCUT2D eigenvalue weighted by Gasteiger charge is 2.02. The van der Waals surface area contributed by atoms with Crippen molar-refractivity contribution in [3.63, 3.8) is 0 Å². The zero-order valence-corrected chi connectivity index (χ0v) is 11.5. The topological polar surface area (TPSA) is 59.1 Å². The molecule has 0 spiro atoms. The summed E-state index contributed by atoms with van der Waals surface area (Å²) in [5.41, 5.74) is 7.08. The van der Waals surface area contributed by atoms with Crippen molar-refractivity contribution in [1.29, 1.82) is 5.41 Å². The highest BCUT2D eigenvalue weighted by molar-refractivity contribution is 6.30. The molecule has 0 aliphatic heterocycles. The Morgan fingerprint density at radius 2 is 1.80 bits per heavy atom. The van der Waals surface area contributed by atoms with Crippen molar-refractivity contribution < 1.29 is 9.13 Å². The van der Waals surface area contributed by atoms with Crippen LogP contribution in [-0.4, -0.2) is 5.84 Å². The number of hydrogen-bond acceptors (Lipinski definition) is 2. The Morgan fingerprint density at radius 1 is 1.15 bits per heavy atom. The van der Waals surface area contributed by atoms with E-state index in [1.54, 1.807) is 12.1 Å². The lowest BCUT2D eigenvalue weighted by Crippen LogP contribution is -2.12. The van der Waals surface area contributed by atoms with E-state index in [2.05, 4.69) is 0 Å². The molecule has 0 bridgehead atoms. The Kier molecular flexibility index (Phi) is 4.58. The van der Waals surface area contributed by atoms with Gasteiger partial charge >= 0.3 is 0 Å². The second-order valence-electron chi connectivity index (χ2n) is 4.38. The predicted molar refractivity (Wildman–Crippen MR) is 77.8 cm³/mol. The molecule has 0 heterocycles. The first-order valence-corrected chi connectivity index (χ1v) is 6.41. The molecule has 2 rings (SSSR count). The summed E-state index contributed by atoms with van der Waals surface area (Å²) in [6, 6.07) is 11.8. The van der Waals surface area contributed by atoms with Crippen molar-refractivity contribution in [2.75, 3.05) is 0 Å². The first kappa shape index (κ1) is 14.3. The highest BCUT2D eigenvalue weighted by atomic mass is 35.5. The molecule has 20 heavy (non-hydrogen) atoms.